The van der Waals surface area contributed by atoms with Crippen LogP contribution in [0.2, 0.25) is 5.02 Å². The molecule has 5 rings (SSSR count). The van der Waals surface area contributed by atoms with Gasteiger partial charge in [-0.1, -0.05) is 36.4 Å². The summed E-state index contributed by atoms with van der Waals surface area (Å²) in [6.45, 7) is 11.5. The molecule has 1 aromatic heterocycles. The predicted octanol–water partition coefficient (Wildman–Crippen LogP) is 5.76. The summed E-state index contributed by atoms with van der Waals surface area (Å²) in [6, 6.07) is 11.7. The number of para-hydroxylation sites is 1. The van der Waals surface area contributed by atoms with Crippen LogP contribution in [0.3, 0.4) is 0 Å². The van der Waals surface area contributed by atoms with Crippen LogP contribution in [0.5, 0.6) is 0 Å². The molecule has 1 fully saturated rings. The Hall–Kier alpha value is -3.81. The number of aromatic nitrogens is 2. The zero-order chi connectivity index (χ0) is 30.5. The normalized spacial score (nSPS) is 15.7. The van der Waals surface area contributed by atoms with Gasteiger partial charge in [-0.25, -0.2) is 13.6 Å². The number of anilines is 1. The van der Waals surface area contributed by atoms with Crippen molar-refractivity contribution in [3.05, 3.63) is 93.9 Å². The fourth-order valence-electron chi connectivity index (χ4n) is 5.58. The zero-order valence-corrected chi connectivity index (χ0v) is 25.3. The largest absolute Gasteiger partial charge is 0.354 e. The quantitative estimate of drug-likeness (QED) is 0.212. The highest BCUT2D eigenvalue weighted by molar-refractivity contribution is 7.70. The highest BCUT2D eigenvalue weighted by Gasteiger charge is 2.31. The lowest BCUT2D eigenvalue weighted by molar-refractivity contribution is -0.126. The monoisotopic (exact) mass is 610 g/mol. The first-order valence-electron chi connectivity index (χ1n) is 13.4. The predicted molar refractivity (Wildman–Crippen MR) is 165 cm³/mol. The molecular weight excluding hydrogens is 581 g/mol. The number of piperazine rings is 1. The van der Waals surface area contributed by atoms with Crippen molar-refractivity contribution in [3.8, 4) is 16.8 Å². The molecule has 4 aromatic rings. The van der Waals surface area contributed by atoms with Crippen LogP contribution in [0.1, 0.15) is 12.5 Å². The molecule has 0 spiro atoms. The second kappa shape index (κ2) is 11.1. The van der Waals surface area contributed by atoms with E-state index in [1.807, 2.05) is 11.8 Å². The number of benzene rings is 3. The second-order valence-electron chi connectivity index (χ2n) is 10.8. The van der Waals surface area contributed by atoms with Gasteiger partial charge in [0, 0.05) is 47.5 Å². The Labute approximate surface area is 247 Å². The van der Waals surface area contributed by atoms with E-state index in [4.69, 9.17) is 11.6 Å². The summed E-state index contributed by atoms with van der Waals surface area (Å²) in [7, 11) is -2.91. The number of carbonyl (C=O) groups is 1. The van der Waals surface area contributed by atoms with E-state index in [1.54, 1.807) is 43.4 Å². The zero-order valence-electron chi connectivity index (χ0n) is 23.7. The molecule has 3 aromatic carbocycles. The van der Waals surface area contributed by atoms with Gasteiger partial charge in [-0.2, -0.15) is 4.98 Å². The average molecular weight is 611 g/mol. The van der Waals surface area contributed by atoms with Gasteiger partial charge in [0.25, 0.3) is 0 Å². The van der Waals surface area contributed by atoms with Crippen molar-refractivity contribution < 1.29 is 18.1 Å². The molecule has 42 heavy (non-hydrogen) atoms. The number of hydrogen-bond donors (Lipinski definition) is 0. The SMILES string of the molecule is C=CC(=O)N1CCN(c2nc(=O)n(-c3c(C)cccc3P(C)(C)=O)c3cc(-c4c(F)cccc4Cl)c(F)cc23)[C@@H](C)C1. The van der Waals surface area contributed by atoms with Crippen LogP contribution >= 0.6 is 18.7 Å². The Morgan fingerprint density at radius 2 is 1.83 bits per heavy atom. The van der Waals surface area contributed by atoms with Crippen molar-refractivity contribution in [1.82, 2.24) is 14.5 Å². The first kappa shape index (κ1) is 29.7. The Bertz CT molecular complexity index is 1850. The molecule has 1 saturated heterocycles. The summed E-state index contributed by atoms with van der Waals surface area (Å²) in [6.07, 6.45) is 1.25. The minimum atomic E-state index is -2.91. The summed E-state index contributed by atoms with van der Waals surface area (Å²) in [5.41, 5.74) is 0.358. The maximum Gasteiger partial charge on any atom is 0.354 e. The molecule has 1 atom stereocenters. The molecule has 1 aliphatic heterocycles. The molecule has 0 radical (unpaired) electrons. The Kier molecular flexibility index (Phi) is 7.86. The first-order valence-corrected chi connectivity index (χ1v) is 16.4. The third-order valence-corrected chi connectivity index (χ3v) is 9.43. The molecule has 0 aliphatic carbocycles. The number of fused-ring (bicyclic) bond motifs is 1. The molecule has 0 unspecified atom stereocenters. The van der Waals surface area contributed by atoms with Crippen LogP contribution in [0.4, 0.5) is 14.6 Å². The smallest absolute Gasteiger partial charge is 0.350 e. The van der Waals surface area contributed by atoms with Gasteiger partial charge in [-0.15, -0.1) is 0 Å². The van der Waals surface area contributed by atoms with Crippen LogP contribution in [-0.4, -0.2) is 59.4 Å². The van der Waals surface area contributed by atoms with E-state index < -0.39 is 24.5 Å². The van der Waals surface area contributed by atoms with Gasteiger partial charge in [-0.05, 0) is 69.1 Å². The highest BCUT2D eigenvalue weighted by Crippen LogP contribution is 2.40. The van der Waals surface area contributed by atoms with Crippen molar-refractivity contribution in [2.45, 2.75) is 19.9 Å². The summed E-state index contributed by atoms with van der Waals surface area (Å²) < 4.78 is 45.7. The minimum absolute atomic E-state index is 0.0104. The number of amides is 1. The number of nitrogens with zero attached hydrogens (tertiary/aromatic N) is 4. The van der Waals surface area contributed by atoms with E-state index in [2.05, 4.69) is 11.6 Å². The van der Waals surface area contributed by atoms with E-state index >= 15 is 8.78 Å². The van der Waals surface area contributed by atoms with E-state index in [1.165, 1.54) is 41.0 Å². The number of aryl methyl sites for hydroxylation is 1. The summed E-state index contributed by atoms with van der Waals surface area (Å²) >= 11 is 6.34. The average Bonchev–Trinajstić information content (AvgIpc) is 2.92. The van der Waals surface area contributed by atoms with Crippen LogP contribution in [-0.2, 0) is 9.36 Å². The molecular formula is C31H30ClF2N4O3P. The van der Waals surface area contributed by atoms with E-state index in [0.717, 1.165) is 0 Å². The molecule has 2 heterocycles. The molecule has 7 nitrogen and oxygen atoms in total. The highest BCUT2D eigenvalue weighted by atomic mass is 35.5. The van der Waals surface area contributed by atoms with Gasteiger partial charge >= 0.3 is 5.69 Å². The second-order valence-corrected chi connectivity index (χ2v) is 14.4. The Morgan fingerprint density at radius 1 is 1.12 bits per heavy atom. The van der Waals surface area contributed by atoms with Crippen LogP contribution < -0.4 is 15.9 Å². The lowest BCUT2D eigenvalue weighted by Gasteiger charge is -2.40. The first-order chi connectivity index (χ1) is 19.8. The van der Waals surface area contributed by atoms with Gasteiger partial charge in [0.15, 0.2) is 0 Å². The standard InChI is InChI=1S/C31H30ClF2N4O3P/c1-6-27(39)36-13-14-37(19(3)17-36)30-21-15-24(34)20(28-22(32)10-8-11-23(28)33)16-25(21)38(31(40)35-30)29-18(2)9-7-12-26(29)42(4,5)41/h6-12,15-16,19H,1,13-14,17H2,2-5H3/t19-/m0/s1. The lowest BCUT2D eigenvalue weighted by Crippen LogP contribution is -2.54. The number of halogens is 3. The van der Waals surface area contributed by atoms with Crippen molar-refractivity contribution in [3.63, 3.8) is 0 Å². The molecule has 1 amide bonds. The lowest BCUT2D eigenvalue weighted by atomic mass is 10.0. The summed E-state index contributed by atoms with van der Waals surface area (Å²) in [5.74, 6) is -1.44. The van der Waals surface area contributed by atoms with Crippen LogP contribution in [0, 0.1) is 18.6 Å². The molecule has 0 bridgehead atoms. The molecule has 11 heteroatoms. The van der Waals surface area contributed by atoms with Crippen LogP contribution in [0.15, 0.2) is 66.0 Å². The maximum absolute atomic E-state index is 15.9. The van der Waals surface area contributed by atoms with Crippen molar-refractivity contribution in [1.29, 1.82) is 0 Å². The number of hydrogen-bond acceptors (Lipinski definition) is 5. The minimum Gasteiger partial charge on any atom is -0.350 e. The molecule has 0 N–H and O–H groups in total. The third-order valence-electron chi connectivity index (χ3n) is 7.60. The maximum atomic E-state index is 15.9. The van der Waals surface area contributed by atoms with Crippen molar-refractivity contribution >= 4 is 46.7 Å². The van der Waals surface area contributed by atoms with E-state index in [0.29, 0.717) is 41.6 Å². The van der Waals surface area contributed by atoms with Gasteiger partial charge in [0.1, 0.15) is 24.6 Å². The van der Waals surface area contributed by atoms with Crippen molar-refractivity contribution in [2.24, 2.45) is 0 Å². The molecule has 218 valence electrons. The third kappa shape index (κ3) is 5.16. The fraction of sp³-hybridized carbons (Fsp3) is 0.258. The van der Waals surface area contributed by atoms with Gasteiger partial charge < -0.3 is 14.4 Å². The van der Waals surface area contributed by atoms with Crippen LogP contribution in [0.25, 0.3) is 27.7 Å². The van der Waals surface area contributed by atoms with Gasteiger partial charge in [0.2, 0.25) is 5.91 Å². The molecule has 0 saturated carbocycles. The number of rotatable bonds is 5. The van der Waals surface area contributed by atoms with Gasteiger partial charge in [0.05, 0.1) is 16.2 Å². The van der Waals surface area contributed by atoms with E-state index in [9.17, 15) is 14.2 Å². The topological polar surface area (TPSA) is 75.5 Å². The Balaban J connectivity index is 1.86. The Morgan fingerprint density at radius 3 is 2.48 bits per heavy atom. The van der Waals surface area contributed by atoms with E-state index in [-0.39, 0.29) is 39.4 Å². The summed E-state index contributed by atoms with van der Waals surface area (Å²) in [4.78, 5) is 34.2. The summed E-state index contributed by atoms with van der Waals surface area (Å²) in [5, 5.41) is 0.770. The number of carbonyl (C=O) groups excluding carboxylic acids is 1. The van der Waals surface area contributed by atoms with Gasteiger partial charge in [-0.3, -0.25) is 9.36 Å². The molecule has 1 aliphatic rings. The van der Waals surface area contributed by atoms with Crippen molar-refractivity contribution in [2.75, 3.05) is 37.9 Å². The fourth-order valence-corrected chi connectivity index (χ4v) is 7.08.